The molecule has 5 heteroatoms. The van der Waals surface area contributed by atoms with Crippen molar-refractivity contribution in [3.63, 3.8) is 0 Å². The number of nitrogens with zero attached hydrogens (tertiary/aromatic N) is 1. The number of hydrogen-bond donors (Lipinski definition) is 2. The molecule has 92 valence electrons. The van der Waals surface area contributed by atoms with Gasteiger partial charge in [0.1, 0.15) is 0 Å². The smallest absolute Gasteiger partial charge is 0.239 e. The summed E-state index contributed by atoms with van der Waals surface area (Å²) in [5.74, 6) is -0.0555. The molecule has 16 heavy (non-hydrogen) atoms. The molecule has 2 amide bonds. The van der Waals surface area contributed by atoms with Crippen molar-refractivity contribution in [2.24, 2.45) is 0 Å². The Morgan fingerprint density at radius 2 is 2.25 bits per heavy atom. The standard InChI is InChI=1S/C11H21N3O2/c1-3-14(8-10(15)12-2)11(16)7-9-5-4-6-13-9/h9,13H,3-8H2,1-2H3,(H,12,15). The fourth-order valence-electron chi connectivity index (χ4n) is 1.90. The summed E-state index contributed by atoms with van der Waals surface area (Å²) in [6.07, 6.45) is 2.70. The van der Waals surface area contributed by atoms with E-state index in [1.54, 1.807) is 11.9 Å². The van der Waals surface area contributed by atoms with Crippen molar-refractivity contribution >= 4 is 11.8 Å². The van der Waals surface area contributed by atoms with Gasteiger partial charge in [-0.3, -0.25) is 9.59 Å². The van der Waals surface area contributed by atoms with Gasteiger partial charge in [-0.15, -0.1) is 0 Å². The molecule has 2 N–H and O–H groups in total. The van der Waals surface area contributed by atoms with Crippen LogP contribution in [-0.2, 0) is 9.59 Å². The first kappa shape index (κ1) is 13.0. The second kappa shape index (κ2) is 6.48. The number of nitrogens with one attached hydrogen (secondary N) is 2. The molecule has 0 aromatic heterocycles. The Hall–Kier alpha value is -1.10. The van der Waals surface area contributed by atoms with E-state index in [4.69, 9.17) is 0 Å². The van der Waals surface area contributed by atoms with Gasteiger partial charge < -0.3 is 15.5 Å². The summed E-state index contributed by atoms with van der Waals surface area (Å²) in [6, 6.07) is 0.297. The number of rotatable bonds is 5. The van der Waals surface area contributed by atoms with Crippen molar-refractivity contribution in [1.82, 2.24) is 15.5 Å². The molecular formula is C11H21N3O2. The Labute approximate surface area is 96.6 Å². The second-order valence-electron chi connectivity index (χ2n) is 4.08. The number of hydrogen-bond acceptors (Lipinski definition) is 3. The average molecular weight is 227 g/mol. The van der Waals surface area contributed by atoms with E-state index >= 15 is 0 Å². The van der Waals surface area contributed by atoms with Gasteiger partial charge in [0.25, 0.3) is 0 Å². The lowest BCUT2D eigenvalue weighted by molar-refractivity contribution is -0.136. The quantitative estimate of drug-likeness (QED) is 0.679. The van der Waals surface area contributed by atoms with Crippen LogP contribution in [0.25, 0.3) is 0 Å². The number of carbonyl (C=O) groups excluding carboxylic acids is 2. The maximum atomic E-state index is 11.9. The van der Waals surface area contributed by atoms with Crippen LogP contribution < -0.4 is 10.6 Å². The Morgan fingerprint density at radius 3 is 2.75 bits per heavy atom. The molecule has 0 spiro atoms. The molecule has 0 aromatic rings. The van der Waals surface area contributed by atoms with Gasteiger partial charge in [0.05, 0.1) is 6.54 Å². The minimum Gasteiger partial charge on any atom is -0.358 e. The monoisotopic (exact) mass is 227 g/mol. The predicted octanol–water partition coefficient (Wildman–Crippen LogP) is -0.277. The van der Waals surface area contributed by atoms with Crippen molar-refractivity contribution in [1.29, 1.82) is 0 Å². The van der Waals surface area contributed by atoms with Gasteiger partial charge in [0.2, 0.25) is 11.8 Å². The molecule has 0 bridgehead atoms. The third-order valence-electron chi connectivity index (χ3n) is 2.93. The van der Waals surface area contributed by atoms with Crippen molar-refractivity contribution in [3.8, 4) is 0 Å². The Morgan fingerprint density at radius 1 is 1.50 bits per heavy atom. The van der Waals surface area contributed by atoms with E-state index in [2.05, 4.69) is 10.6 Å². The molecular weight excluding hydrogens is 206 g/mol. The summed E-state index contributed by atoms with van der Waals surface area (Å²) in [4.78, 5) is 24.7. The van der Waals surface area contributed by atoms with Crippen LogP contribution in [0.4, 0.5) is 0 Å². The fourth-order valence-corrected chi connectivity index (χ4v) is 1.90. The van der Waals surface area contributed by atoms with E-state index < -0.39 is 0 Å². The summed E-state index contributed by atoms with van der Waals surface area (Å²) in [5.41, 5.74) is 0. The third-order valence-corrected chi connectivity index (χ3v) is 2.93. The summed E-state index contributed by atoms with van der Waals surface area (Å²) >= 11 is 0. The molecule has 1 unspecified atom stereocenters. The lowest BCUT2D eigenvalue weighted by Crippen LogP contribution is -2.41. The Bertz CT molecular complexity index is 250. The molecule has 1 heterocycles. The lowest BCUT2D eigenvalue weighted by atomic mass is 10.1. The maximum Gasteiger partial charge on any atom is 0.239 e. The van der Waals surface area contributed by atoms with E-state index in [1.807, 2.05) is 6.92 Å². The molecule has 1 aliphatic rings. The van der Waals surface area contributed by atoms with Gasteiger partial charge in [-0.1, -0.05) is 0 Å². The van der Waals surface area contributed by atoms with Gasteiger partial charge >= 0.3 is 0 Å². The van der Waals surface area contributed by atoms with Gasteiger partial charge in [-0.05, 0) is 26.3 Å². The topological polar surface area (TPSA) is 61.4 Å². The molecule has 1 atom stereocenters. The van der Waals surface area contributed by atoms with Crippen LogP contribution in [0.15, 0.2) is 0 Å². The highest BCUT2D eigenvalue weighted by molar-refractivity contribution is 5.84. The fraction of sp³-hybridized carbons (Fsp3) is 0.818. The van der Waals surface area contributed by atoms with E-state index in [0.717, 1.165) is 19.4 Å². The highest BCUT2D eigenvalue weighted by Crippen LogP contribution is 2.10. The Balaban J connectivity index is 2.38. The molecule has 0 aliphatic carbocycles. The zero-order valence-electron chi connectivity index (χ0n) is 10.1. The van der Waals surface area contributed by atoms with E-state index in [1.165, 1.54) is 0 Å². The van der Waals surface area contributed by atoms with Crippen molar-refractivity contribution < 1.29 is 9.59 Å². The van der Waals surface area contributed by atoms with E-state index in [0.29, 0.717) is 19.0 Å². The summed E-state index contributed by atoms with van der Waals surface area (Å²) in [7, 11) is 1.58. The van der Waals surface area contributed by atoms with Crippen LogP contribution in [0, 0.1) is 0 Å². The molecule has 0 radical (unpaired) electrons. The lowest BCUT2D eigenvalue weighted by Gasteiger charge is -2.21. The van der Waals surface area contributed by atoms with Gasteiger partial charge in [-0.2, -0.15) is 0 Å². The van der Waals surface area contributed by atoms with Gasteiger partial charge in [0, 0.05) is 26.1 Å². The summed E-state index contributed by atoms with van der Waals surface area (Å²) in [6.45, 7) is 3.64. The third kappa shape index (κ3) is 3.81. The van der Waals surface area contributed by atoms with Gasteiger partial charge in [-0.25, -0.2) is 0 Å². The first-order chi connectivity index (χ1) is 7.67. The number of carbonyl (C=O) groups is 2. The molecule has 5 nitrogen and oxygen atoms in total. The molecule has 0 saturated carbocycles. The summed E-state index contributed by atoms with van der Waals surface area (Å²) < 4.78 is 0. The van der Waals surface area contributed by atoms with Crippen LogP contribution >= 0.6 is 0 Å². The predicted molar refractivity (Wildman–Crippen MR) is 62.0 cm³/mol. The Kier molecular flexibility index (Phi) is 5.25. The van der Waals surface area contributed by atoms with E-state index in [-0.39, 0.29) is 18.4 Å². The minimum atomic E-state index is -0.116. The largest absolute Gasteiger partial charge is 0.358 e. The molecule has 1 rings (SSSR count). The average Bonchev–Trinajstić information content (AvgIpc) is 2.77. The zero-order chi connectivity index (χ0) is 12.0. The maximum absolute atomic E-state index is 11.9. The molecule has 0 aromatic carbocycles. The van der Waals surface area contributed by atoms with Crippen LogP contribution in [0.3, 0.4) is 0 Å². The zero-order valence-corrected chi connectivity index (χ0v) is 10.1. The SMILES string of the molecule is CCN(CC(=O)NC)C(=O)CC1CCCN1. The second-order valence-corrected chi connectivity index (χ2v) is 4.08. The first-order valence-electron chi connectivity index (χ1n) is 5.89. The van der Waals surface area contributed by atoms with Gasteiger partial charge in [0.15, 0.2) is 0 Å². The highest BCUT2D eigenvalue weighted by Gasteiger charge is 2.21. The molecule has 1 saturated heterocycles. The molecule has 1 fully saturated rings. The van der Waals surface area contributed by atoms with Crippen LogP contribution in [0.2, 0.25) is 0 Å². The van der Waals surface area contributed by atoms with Crippen molar-refractivity contribution in [2.75, 3.05) is 26.7 Å². The van der Waals surface area contributed by atoms with Crippen molar-refractivity contribution in [2.45, 2.75) is 32.2 Å². The van der Waals surface area contributed by atoms with Crippen molar-refractivity contribution in [3.05, 3.63) is 0 Å². The number of amides is 2. The van der Waals surface area contributed by atoms with Crippen LogP contribution in [-0.4, -0.2) is 49.4 Å². The summed E-state index contributed by atoms with van der Waals surface area (Å²) in [5, 5.41) is 5.82. The first-order valence-corrected chi connectivity index (χ1v) is 5.89. The highest BCUT2D eigenvalue weighted by atomic mass is 16.2. The van der Waals surface area contributed by atoms with Crippen LogP contribution in [0.1, 0.15) is 26.2 Å². The molecule has 1 aliphatic heterocycles. The van der Waals surface area contributed by atoms with Crippen LogP contribution in [0.5, 0.6) is 0 Å². The number of likely N-dealkylation sites (N-methyl/N-ethyl adjacent to an activating group) is 2. The van der Waals surface area contributed by atoms with E-state index in [9.17, 15) is 9.59 Å². The normalized spacial score (nSPS) is 19.5. The minimum absolute atomic E-state index is 0.0606.